The number of nitro benzene ring substituents is 1. The fourth-order valence-electron chi connectivity index (χ4n) is 1.90. The Labute approximate surface area is 116 Å². The molecule has 2 aromatic rings. The first kappa shape index (κ1) is 13.5. The molecule has 0 saturated carbocycles. The molecule has 0 atom stereocenters. The summed E-state index contributed by atoms with van der Waals surface area (Å²) < 4.78 is 0. The summed E-state index contributed by atoms with van der Waals surface area (Å²) >= 11 is 0. The second-order valence-electron chi connectivity index (χ2n) is 4.33. The fraction of sp³-hybridized carbons (Fsp3) is 0.0625. The Hall–Kier alpha value is -2.93. The van der Waals surface area contributed by atoms with Crippen molar-refractivity contribution in [3.63, 3.8) is 0 Å². The number of aryl methyl sites for hydroxylation is 1. The van der Waals surface area contributed by atoms with Crippen molar-refractivity contribution < 1.29 is 4.92 Å². The zero-order chi connectivity index (χ0) is 14.5. The van der Waals surface area contributed by atoms with Crippen LogP contribution < -0.4 is 0 Å². The first-order chi connectivity index (χ1) is 9.61. The van der Waals surface area contributed by atoms with Crippen LogP contribution in [0, 0.1) is 28.4 Å². The summed E-state index contributed by atoms with van der Waals surface area (Å²) in [4.78, 5) is 10.2. The number of benzene rings is 2. The molecule has 0 radical (unpaired) electrons. The number of non-ortho nitro benzene ring substituents is 1. The molecule has 0 aliphatic heterocycles. The number of allylic oxidation sites excluding steroid dienone is 1. The lowest BCUT2D eigenvalue weighted by molar-refractivity contribution is -0.384. The third kappa shape index (κ3) is 2.90. The minimum Gasteiger partial charge on any atom is -0.258 e. The molecular weight excluding hydrogens is 252 g/mol. The smallest absolute Gasteiger partial charge is 0.258 e. The first-order valence-electron chi connectivity index (χ1n) is 6.04. The van der Waals surface area contributed by atoms with Crippen LogP contribution in [0.2, 0.25) is 0 Å². The number of rotatable bonds is 3. The van der Waals surface area contributed by atoms with Gasteiger partial charge >= 0.3 is 0 Å². The van der Waals surface area contributed by atoms with Crippen molar-refractivity contribution in [1.82, 2.24) is 0 Å². The highest BCUT2D eigenvalue weighted by molar-refractivity contribution is 5.90. The Morgan fingerprint density at radius 3 is 2.40 bits per heavy atom. The first-order valence-corrected chi connectivity index (χ1v) is 6.04. The van der Waals surface area contributed by atoms with Crippen LogP contribution in [0.1, 0.15) is 16.7 Å². The van der Waals surface area contributed by atoms with Gasteiger partial charge in [0.05, 0.1) is 16.6 Å². The van der Waals surface area contributed by atoms with Gasteiger partial charge in [0.2, 0.25) is 0 Å². The summed E-state index contributed by atoms with van der Waals surface area (Å²) in [6.07, 6.45) is 1.73. The number of nitrogens with zero attached hydrogens (tertiary/aromatic N) is 2. The molecule has 0 unspecified atom stereocenters. The van der Waals surface area contributed by atoms with Crippen LogP contribution in [-0.2, 0) is 0 Å². The highest BCUT2D eigenvalue weighted by Gasteiger charge is 2.06. The second-order valence-corrected chi connectivity index (χ2v) is 4.33. The molecule has 0 aliphatic rings. The van der Waals surface area contributed by atoms with E-state index in [2.05, 4.69) is 6.07 Å². The number of hydrogen-bond donors (Lipinski definition) is 0. The average molecular weight is 264 g/mol. The van der Waals surface area contributed by atoms with Crippen molar-refractivity contribution in [3.8, 4) is 6.07 Å². The van der Waals surface area contributed by atoms with Crippen molar-refractivity contribution in [3.05, 3.63) is 75.3 Å². The van der Waals surface area contributed by atoms with Crippen molar-refractivity contribution in [2.24, 2.45) is 0 Å². The maximum atomic E-state index is 10.6. The predicted octanol–water partition coefficient (Wildman–Crippen LogP) is 3.97. The minimum atomic E-state index is -0.444. The topological polar surface area (TPSA) is 66.9 Å². The van der Waals surface area contributed by atoms with Gasteiger partial charge in [-0.25, -0.2) is 0 Å². The number of nitro groups is 1. The van der Waals surface area contributed by atoms with Crippen LogP contribution >= 0.6 is 0 Å². The summed E-state index contributed by atoms with van der Waals surface area (Å²) in [5.41, 5.74) is 3.22. The lowest BCUT2D eigenvalue weighted by Gasteiger charge is -2.03. The molecule has 2 rings (SSSR count). The molecule has 4 nitrogen and oxygen atoms in total. The van der Waals surface area contributed by atoms with E-state index in [1.54, 1.807) is 18.2 Å². The van der Waals surface area contributed by atoms with Crippen LogP contribution in [-0.4, -0.2) is 4.92 Å². The Morgan fingerprint density at radius 1 is 1.20 bits per heavy atom. The van der Waals surface area contributed by atoms with Gasteiger partial charge in [0, 0.05) is 12.1 Å². The lowest BCUT2D eigenvalue weighted by Crippen LogP contribution is -1.88. The molecule has 0 bridgehead atoms. The molecule has 98 valence electrons. The predicted molar refractivity (Wildman–Crippen MR) is 77.8 cm³/mol. The van der Waals surface area contributed by atoms with Crippen LogP contribution in [0.3, 0.4) is 0 Å². The van der Waals surface area contributed by atoms with Gasteiger partial charge in [-0.05, 0) is 41.8 Å². The van der Waals surface area contributed by atoms with Gasteiger partial charge < -0.3 is 0 Å². The van der Waals surface area contributed by atoms with Crippen LogP contribution in [0.4, 0.5) is 5.69 Å². The zero-order valence-electron chi connectivity index (χ0n) is 10.9. The van der Waals surface area contributed by atoms with Crippen molar-refractivity contribution >= 4 is 17.3 Å². The molecule has 20 heavy (non-hydrogen) atoms. The molecule has 0 aliphatic carbocycles. The van der Waals surface area contributed by atoms with Gasteiger partial charge in [-0.15, -0.1) is 0 Å². The van der Waals surface area contributed by atoms with Gasteiger partial charge in [0.1, 0.15) is 0 Å². The Kier molecular flexibility index (Phi) is 3.92. The summed E-state index contributed by atoms with van der Waals surface area (Å²) in [5, 5.41) is 19.9. The van der Waals surface area contributed by atoms with E-state index >= 15 is 0 Å². The molecule has 0 amide bonds. The van der Waals surface area contributed by atoms with Gasteiger partial charge in [0.25, 0.3) is 5.69 Å². The van der Waals surface area contributed by atoms with Crippen LogP contribution in [0.5, 0.6) is 0 Å². The van der Waals surface area contributed by atoms with Crippen molar-refractivity contribution in [1.29, 1.82) is 5.26 Å². The highest BCUT2D eigenvalue weighted by Crippen LogP contribution is 2.22. The summed E-state index contributed by atoms with van der Waals surface area (Å²) in [6.45, 7) is 1.94. The lowest BCUT2D eigenvalue weighted by atomic mass is 9.99. The molecule has 0 N–H and O–H groups in total. The van der Waals surface area contributed by atoms with Gasteiger partial charge in [0.15, 0.2) is 0 Å². The largest absolute Gasteiger partial charge is 0.269 e. The normalized spacial score (nSPS) is 10.9. The zero-order valence-corrected chi connectivity index (χ0v) is 10.9. The second kappa shape index (κ2) is 5.81. The average Bonchev–Trinajstić information content (AvgIpc) is 2.46. The molecular formula is C16H12N2O2. The molecule has 0 aromatic heterocycles. The maximum Gasteiger partial charge on any atom is 0.269 e. The molecule has 4 heteroatoms. The Bertz CT molecular complexity index is 710. The van der Waals surface area contributed by atoms with E-state index in [-0.39, 0.29) is 5.69 Å². The maximum absolute atomic E-state index is 10.6. The molecule has 0 saturated heterocycles. The molecule has 0 spiro atoms. The third-order valence-corrected chi connectivity index (χ3v) is 2.97. The van der Waals surface area contributed by atoms with E-state index in [1.807, 2.05) is 31.2 Å². The monoisotopic (exact) mass is 264 g/mol. The number of hydrogen-bond acceptors (Lipinski definition) is 3. The van der Waals surface area contributed by atoms with Gasteiger partial charge in [-0.1, -0.05) is 24.3 Å². The number of nitriles is 1. The van der Waals surface area contributed by atoms with Gasteiger partial charge in [-0.3, -0.25) is 10.1 Å². The third-order valence-electron chi connectivity index (χ3n) is 2.97. The SMILES string of the molecule is Cc1ccccc1/C(C#N)=C/c1ccc([N+](=O)[O-])cc1. The van der Waals surface area contributed by atoms with Crippen LogP contribution in [0.15, 0.2) is 48.5 Å². The van der Waals surface area contributed by atoms with Crippen molar-refractivity contribution in [2.45, 2.75) is 6.92 Å². The standard InChI is InChI=1S/C16H12N2O2/c1-12-4-2-3-5-16(12)14(11-17)10-13-6-8-15(9-7-13)18(19)20/h2-10H,1H3/b14-10+. The Balaban J connectivity index is 2.40. The summed E-state index contributed by atoms with van der Waals surface area (Å²) in [7, 11) is 0. The summed E-state index contributed by atoms with van der Waals surface area (Å²) in [6, 6.07) is 15.9. The molecule has 2 aromatic carbocycles. The molecule has 0 fully saturated rings. The van der Waals surface area contributed by atoms with E-state index in [0.717, 1.165) is 16.7 Å². The van der Waals surface area contributed by atoms with Crippen LogP contribution in [0.25, 0.3) is 11.6 Å². The quantitative estimate of drug-likeness (QED) is 0.364. The summed E-state index contributed by atoms with van der Waals surface area (Å²) in [5.74, 6) is 0. The van der Waals surface area contributed by atoms with Gasteiger partial charge in [-0.2, -0.15) is 5.26 Å². The van der Waals surface area contributed by atoms with Crippen molar-refractivity contribution in [2.75, 3.05) is 0 Å². The van der Waals surface area contributed by atoms with E-state index in [0.29, 0.717) is 5.57 Å². The van der Waals surface area contributed by atoms with E-state index in [4.69, 9.17) is 0 Å². The van der Waals surface area contributed by atoms with E-state index in [1.165, 1.54) is 12.1 Å². The Morgan fingerprint density at radius 2 is 1.85 bits per heavy atom. The minimum absolute atomic E-state index is 0.0385. The fourth-order valence-corrected chi connectivity index (χ4v) is 1.90. The molecule has 0 heterocycles. The highest BCUT2D eigenvalue weighted by atomic mass is 16.6. The van der Waals surface area contributed by atoms with E-state index in [9.17, 15) is 15.4 Å². The van der Waals surface area contributed by atoms with E-state index < -0.39 is 4.92 Å².